The zero-order valence-corrected chi connectivity index (χ0v) is 18.3. The Morgan fingerprint density at radius 2 is 1.84 bits per heavy atom. The lowest BCUT2D eigenvalue weighted by Crippen LogP contribution is -2.15. The Morgan fingerprint density at radius 1 is 1.16 bits per heavy atom. The summed E-state index contributed by atoms with van der Waals surface area (Å²) in [6.07, 6.45) is 0. The van der Waals surface area contributed by atoms with E-state index in [0.29, 0.717) is 23.2 Å². The van der Waals surface area contributed by atoms with Crippen molar-refractivity contribution >= 4 is 29.0 Å². The molecule has 0 fully saturated rings. The molecule has 0 saturated carbocycles. The quantitative estimate of drug-likeness (QED) is 0.302. The van der Waals surface area contributed by atoms with Crippen LogP contribution in [-0.4, -0.2) is 31.3 Å². The van der Waals surface area contributed by atoms with Crippen molar-refractivity contribution in [2.75, 3.05) is 11.1 Å². The van der Waals surface area contributed by atoms with Gasteiger partial charge in [0.2, 0.25) is 5.91 Å². The molecule has 0 aliphatic heterocycles. The van der Waals surface area contributed by atoms with E-state index in [4.69, 9.17) is 4.74 Å². The molecule has 0 saturated heterocycles. The van der Waals surface area contributed by atoms with Gasteiger partial charge in [0, 0.05) is 24.4 Å². The Hall–Kier alpha value is -3.40. The summed E-state index contributed by atoms with van der Waals surface area (Å²) in [5.41, 5.74) is 2.72. The van der Waals surface area contributed by atoms with E-state index in [1.54, 1.807) is 0 Å². The second-order valence-corrected chi connectivity index (χ2v) is 7.84. The third kappa shape index (κ3) is 6.05. The van der Waals surface area contributed by atoms with Crippen LogP contribution in [0.15, 0.2) is 47.6 Å². The molecule has 0 spiro atoms. The highest BCUT2D eigenvalue weighted by atomic mass is 32.2. The van der Waals surface area contributed by atoms with Crippen LogP contribution >= 0.6 is 11.8 Å². The molecule has 10 heteroatoms. The maximum Gasteiger partial charge on any atom is 0.269 e. The largest absolute Gasteiger partial charge is 0.486 e. The third-order valence-electron chi connectivity index (χ3n) is 4.37. The van der Waals surface area contributed by atoms with E-state index in [9.17, 15) is 14.9 Å². The first kappa shape index (κ1) is 22.3. The van der Waals surface area contributed by atoms with Crippen molar-refractivity contribution in [3.63, 3.8) is 0 Å². The minimum Gasteiger partial charge on any atom is -0.486 e. The topological polar surface area (TPSA) is 112 Å². The van der Waals surface area contributed by atoms with Crippen molar-refractivity contribution < 1.29 is 14.5 Å². The number of nitrogens with zero attached hydrogens (tertiary/aromatic N) is 4. The van der Waals surface area contributed by atoms with Crippen LogP contribution in [0.2, 0.25) is 0 Å². The van der Waals surface area contributed by atoms with Crippen molar-refractivity contribution in [2.45, 2.75) is 39.1 Å². The highest BCUT2D eigenvalue weighted by Gasteiger charge is 2.14. The van der Waals surface area contributed by atoms with Crippen LogP contribution in [0, 0.1) is 24.0 Å². The second-order valence-electron chi connectivity index (χ2n) is 6.90. The molecule has 1 amide bonds. The number of benzene rings is 2. The Bertz CT molecular complexity index is 1060. The van der Waals surface area contributed by atoms with Gasteiger partial charge in [0.15, 0.2) is 11.0 Å². The number of rotatable bonds is 9. The molecule has 1 aromatic heterocycles. The predicted molar refractivity (Wildman–Crippen MR) is 118 cm³/mol. The van der Waals surface area contributed by atoms with E-state index in [0.717, 1.165) is 16.9 Å². The molecular weight excluding hydrogens is 418 g/mol. The van der Waals surface area contributed by atoms with Crippen molar-refractivity contribution in [2.24, 2.45) is 0 Å². The van der Waals surface area contributed by atoms with Crippen molar-refractivity contribution in [1.82, 2.24) is 14.8 Å². The number of carbonyl (C=O) groups is 1. The first-order chi connectivity index (χ1) is 14.9. The number of aromatic nitrogens is 3. The number of nitrogens with one attached hydrogen (secondary N) is 1. The fraction of sp³-hybridized carbons (Fsp3) is 0.286. The maximum absolute atomic E-state index is 12.2. The van der Waals surface area contributed by atoms with Gasteiger partial charge in [0.25, 0.3) is 5.69 Å². The average Bonchev–Trinajstić information content (AvgIpc) is 3.12. The summed E-state index contributed by atoms with van der Waals surface area (Å²) in [5.74, 6) is 1.35. The number of non-ortho nitro benzene ring substituents is 1. The fourth-order valence-corrected chi connectivity index (χ4v) is 3.83. The first-order valence-corrected chi connectivity index (χ1v) is 10.6. The molecule has 3 rings (SSSR count). The predicted octanol–water partition coefficient (Wildman–Crippen LogP) is 4.13. The summed E-state index contributed by atoms with van der Waals surface area (Å²) >= 11 is 1.27. The van der Waals surface area contributed by atoms with Crippen LogP contribution in [0.25, 0.3) is 0 Å². The number of aryl methyl sites for hydroxylation is 2. The van der Waals surface area contributed by atoms with Gasteiger partial charge >= 0.3 is 0 Å². The van der Waals surface area contributed by atoms with Crippen LogP contribution in [-0.2, 0) is 17.9 Å². The van der Waals surface area contributed by atoms with Gasteiger partial charge in [-0.2, -0.15) is 0 Å². The molecule has 1 heterocycles. The number of hydrogen-bond donors (Lipinski definition) is 1. The van der Waals surface area contributed by atoms with Crippen molar-refractivity contribution in [3.05, 3.63) is 69.5 Å². The fourth-order valence-electron chi connectivity index (χ4n) is 3.01. The third-order valence-corrected chi connectivity index (χ3v) is 5.33. The van der Waals surface area contributed by atoms with E-state index in [1.807, 2.05) is 37.5 Å². The van der Waals surface area contributed by atoms with Gasteiger partial charge in [-0.25, -0.2) is 0 Å². The van der Waals surface area contributed by atoms with E-state index in [1.165, 1.54) is 36.0 Å². The molecule has 0 aliphatic carbocycles. The zero-order valence-electron chi connectivity index (χ0n) is 17.5. The molecule has 0 radical (unpaired) electrons. The minimum atomic E-state index is -0.486. The van der Waals surface area contributed by atoms with Crippen LogP contribution in [0.5, 0.6) is 5.75 Å². The average molecular weight is 442 g/mol. The number of nitro groups is 1. The lowest BCUT2D eigenvalue weighted by atomic mass is 10.1. The number of hydrogen-bond acceptors (Lipinski definition) is 7. The van der Waals surface area contributed by atoms with Gasteiger partial charge in [0.05, 0.1) is 10.7 Å². The minimum absolute atomic E-state index is 0.0287. The van der Waals surface area contributed by atoms with Gasteiger partial charge < -0.3 is 14.6 Å². The Kier molecular flexibility index (Phi) is 7.24. The summed E-state index contributed by atoms with van der Waals surface area (Å²) in [6.45, 7) is 6.94. The molecule has 9 nitrogen and oxygen atoms in total. The molecule has 0 bridgehead atoms. The van der Waals surface area contributed by atoms with Gasteiger partial charge in [-0.05, 0) is 56.2 Å². The molecular formula is C21H23N5O4S. The van der Waals surface area contributed by atoms with Crippen LogP contribution in [0.4, 0.5) is 11.4 Å². The molecule has 0 atom stereocenters. The highest BCUT2D eigenvalue weighted by molar-refractivity contribution is 7.99. The molecule has 31 heavy (non-hydrogen) atoms. The smallest absolute Gasteiger partial charge is 0.269 e. The molecule has 1 N–H and O–H groups in total. The molecule has 3 aromatic rings. The molecule has 162 valence electrons. The van der Waals surface area contributed by atoms with Gasteiger partial charge in [0.1, 0.15) is 12.4 Å². The molecule has 2 aromatic carbocycles. The SMILES string of the molecule is CCn1c(COc2cc(C)cc(C)c2)nnc1SCC(=O)Nc1ccc([N+](=O)[O-])cc1. The van der Waals surface area contributed by atoms with Gasteiger partial charge in [-0.3, -0.25) is 14.9 Å². The van der Waals surface area contributed by atoms with E-state index >= 15 is 0 Å². The number of thioether (sulfide) groups is 1. The number of anilines is 1. The summed E-state index contributed by atoms with van der Waals surface area (Å²) in [5, 5.41) is 22.4. The molecule has 0 unspecified atom stereocenters. The van der Waals surface area contributed by atoms with E-state index in [2.05, 4.69) is 21.6 Å². The highest BCUT2D eigenvalue weighted by Crippen LogP contribution is 2.21. The van der Waals surface area contributed by atoms with Crippen LogP contribution < -0.4 is 10.1 Å². The standard InChI is InChI=1S/C21H23N5O4S/c1-4-25-19(12-30-18-10-14(2)9-15(3)11-18)23-24-21(25)31-13-20(27)22-16-5-7-17(8-6-16)26(28)29/h5-11H,4,12-13H2,1-3H3,(H,22,27). The van der Waals surface area contributed by atoms with Crippen molar-refractivity contribution in [1.29, 1.82) is 0 Å². The number of amides is 1. The number of ether oxygens (including phenoxy) is 1. The van der Waals surface area contributed by atoms with Gasteiger partial charge in [-0.1, -0.05) is 17.8 Å². The first-order valence-electron chi connectivity index (χ1n) is 9.66. The Morgan fingerprint density at radius 3 is 2.45 bits per heavy atom. The summed E-state index contributed by atoms with van der Waals surface area (Å²) in [4.78, 5) is 22.5. The summed E-state index contributed by atoms with van der Waals surface area (Å²) in [6, 6.07) is 11.7. The number of carbonyl (C=O) groups excluding carboxylic acids is 1. The number of nitro benzene ring substituents is 1. The Labute approximate surface area is 184 Å². The normalized spacial score (nSPS) is 10.7. The van der Waals surface area contributed by atoms with Crippen LogP contribution in [0.3, 0.4) is 0 Å². The lowest BCUT2D eigenvalue weighted by Gasteiger charge is -2.10. The van der Waals surface area contributed by atoms with Crippen molar-refractivity contribution in [3.8, 4) is 5.75 Å². The molecule has 0 aliphatic rings. The summed E-state index contributed by atoms with van der Waals surface area (Å²) < 4.78 is 7.79. The summed E-state index contributed by atoms with van der Waals surface area (Å²) in [7, 11) is 0. The van der Waals surface area contributed by atoms with Crippen LogP contribution in [0.1, 0.15) is 23.9 Å². The van der Waals surface area contributed by atoms with E-state index < -0.39 is 4.92 Å². The second kappa shape index (κ2) is 10.1. The lowest BCUT2D eigenvalue weighted by molar-refractivity contribution is -0.384. The monoisotopic (exact) mass is 441 g/mol. The Balaban J connectivity index is 1.57. The van der Waals surface area contributed by atoms with E-state index in [-0.39, 0.29) is 24.0 Å². The maximum atomic E-state index is 12.2. The van der Waals surface area contributed by atoms with Gasteiger partial charge in [-0.15, -0.1) is 10.2 Å². The zero-order chi connectivity index (χ0) is 22.4.